The molecule has 2 aliphatic rings. The molecule has 0 aliphatic carbocycles. The third-order valence-electron chi connectivity index (χ3n) is 6.15. The highest BCUT2D eigenvalue weighted by molar-refractivity contribution is 5.85. The Kier molecular flexibility index (Phi) is 4.54. The molecular formula is C26H22N4O3. The van der Waals surface area contributed by atoms with Crippen LogP contribution in [0.2, 0.25) is 0 Å². The summed E-state index contributed by atoms with van der Waals surface area (Å²) in [5, 5.41) is 8.08. The summed E-state index contributed by atoms with van der Waals surface area (Å²) in [7, 11) is 3.33. The molecule has 2 atom stereocenters. The molecule has 0 saturated heterocycles. The fourth-order valence-electron chi connectivity index (χ4n) is 4.59. The molecule has 1 N–H and O–H groups in total. The third-order valence-corrected chi connectivity index (χ3v) is 6.15. The molecule has 0 saturated carbocycles. The molecule has 0 radical (unpaired) electrons. The molecule has 2 unspecified atom stereocenters. The van der Waals surface area contributed by atoms with E-state index in [9.17, 15) is 0 Å². The van der Waals surface area contributed by atoms with Gasteiger partial charge < -0.3 is 19.5 Å². The molecule has 0 amide bonds. The molecule has 164 valence electrons. The van der Waals surface area contributed by atoms with Crippen molar-refractivity contribution in [3.63, 3.8) is 0 Å². The first-order valence-electron chi connectivity index (χ1n) is 10.7. The number of methoxy groups -OCH3 is 2. The van der Waals surface area contributed by atoms with E-state index in [1.807, 2.05) is 53.2 Å². The first-order chi connectivity index (χ1) is 16.3. The molecule has 7 heteroatoms. The fourth-order valence-corrected chi connectivity index (χ4v) is 4.59. The largest absolute Gasteiger partial charge is 0.497 e. The number of hydrogen-bond acceptors (Lipinski definition) is 6. The maximum atomic E-state index is 6.64. The lowest BCUT2D eigenvalue weighted by atomic mass is 9.84. The summed E-state index contributed by atoms with van der Waals surface area (Å²) in [4.78, 5) is 4.48. The maximum Gasteiger partial charge on any atom is 0.226 e. The second kappa shape index (κ2) is 7.70. The highest BCUT2D eigenvalue weighted by Gasteiger charge is 2.41. The zero-order chi connectivity index (χ0) is 22.4. The topological polar surface area (TPSA) is 70.4 Å². The van der Waals surface area contributed by atoms with Gasteiger partial charge in [-0.3, -0.25) is 0 Å². The van der Waals surface area contributed by atoms with Crippen LogP contribution in [0.15, 0.2) is 84.7 Å². The molecule has 4 aromatic rings. The average molecular weight is 438 g/mol. The molecule has 3 heterocycles. The number of ether oxygens (including phenoxy) is 3. The summed E-state index contributed by atoms with van der Waals surface area (Å²) < 4.78 is 19.4. The van der Waals surface area contributed by atoms with Crippen LogP contribution in [0.1, 0.15) is 28.8 Å². The van der Waals surface area contributed by atoms with Crippen molar-refractivity contribution in [1.29, 1.82) is 0 Å². The fraction of sp³-hybridized carbons (Fsp3) is 0.154. The lowest BCUT2D eigenvalue weighted by Gasteiger charge is -2.39. The van der Waals surface area contributed by atoms with E-state index >= 15 is 0 Å². The van der Waals surface area contributed by atoms with E-state index in [2.05, 4.69) is 39.7 Å². The molecule has 0 fully saturated rings. The standard InChI is InChI=1S/C26H22N4O3/c1-31-18-10-8-16(9-11-18)24-22-23(29-26-27-15-28-30(24)26)20-14-19(32-2)12-13-21(20)33-25(22)17-6-4-3-5-7-17/h3-15,24-25H,1-2H3,(H,27,28,29). The lowest BCUT2D eigenvalue weighted by molar-refractivity contribution is 0.222. The van der Waals surface area contributed by atoms with E-state index in [-0.39, 0.29) is 12.1 Å². The summed E-state index contributed by atoms with van der Waals surface area (Å²) in [5.41, 5.74) is 5.09. The van der Waals surface area contributed by atoms with Crippen LogP contribution in [0.25, 0.3) is 5.70 Å². The van der Waals surface area contributed by atoms with Crippen molar-refractivity contribution in [3.05, 3.63) is 101 Å². The van der Waals surface area contributed by atoms with Crippen molar-refractivity contribution >= 4 is 11.6 Å². The Morgan fingerprint density at radius 1 is 0.879 bits per heavy atom. The predicted octanol–water partition coefficient (Wildman–Crippen LogP) is 4.86. The Morgan fingerprint density at radius 2 is 1.64 bits per heavy atom. The SMILES string of the molecule is COc1ccc(C2C3=C(Nc4ncnn42)c2cc(OC)ccc2OC3c2ccccc2)cc1. The summed E-state index contributed by atoms with van der Waals surface area (Å²) in [5.74, 6) is 3.03. The molecule has 33 heavy (non-hydrogen) atoms. The Bertz CT molecular complexity index is 1350. The van der Waals surface area contributed by atoms with E-state index in [4.69, 9.17) is 14.2 Å². The minimum absolute atomic E-state index is 0.214. The Morgan fingerprint density at radius 3 is 2.39 bits per heavy atom. The molecule has 7 nitrogen and oxygen atoms in total. The van der Waals surface area contributed by atoms with Crippen LogP contribution in [0.3, 0.4) is 0 Å². The Labute approximate surface area is 191 Å². The van der Waals surface area contributed by atoms with E-state index in [0.29, 0.717) is 5.95 Å². The number of hydrogen-bond donors (Lipinski definition) is 1. The van der Waals surface area contributed by atoms with Crippen LogP contribution in [-0.2, 0) is 0 Å². The van der Waals surface area contributed by atoms with Crippen molar-refractivity contribution in [2.75, 3.05) is 19.5 Å². The molecule has 0 spiro atoms. The van der Waals surface area contributed by atoms with Crippen molar-refractivity contribution in [3.8, 4) is 17.2 Å². The molecule has 3 aromatic carbocycles. The number of benzene rings is 3. The second-order valence-corrected chi connectivity index (χ2v) is 7.93. The first-order valence-corrected chi connectivity index (χ1v) is 10.7. The van der Waals surface area contributed by atoms with E-state index in [1.165, 1.54) is 0 Å². The normalized spacial score (nSPS) is 18.4. The average Bonchev–Trinajstić information content (AvgIpc) is 3.35. The highest BCUT2D eigenvalue weighted by atomic mass is 16.5. The van der Waals surface area contributed by atoms with Crippen LogP contribution >= 0.6 is 0 Å². The van der Waals surface area contributed by atoms with Gasteiger partial charge in [-0.05, 0) is 41.5 Å². The number of aromatic nitrogens is 3. The van der Waals surface area contributed by atoms with Gasteiger partial charge in [0.2, 0.25) is 5.95 Å². The zero-order valence-corrected chi connectivity index (χ0v) is 18.2. The Hall–Kier alpha value is -4.26. The molecular weight excluding hydrogens is 416 g/mol. The van der Waals surface area contributed by atoms with Gasteiger partial charge in [0, 0.05) is 11.1 Å². The van der Waals surface area contributed by atoms with Gasteiger partial charge in [0.1, 0.15) is 35.7 Å². The smallest absolute Gasteiger partial charge is 0.226 e. The number of fused-ring (bicyclic) bond motifs is 3. The highest BCUT2D eigenvalue weighted by Crippen LogP contribution is 2.51. The van der Waals surface area contributed by atoms with Gasteiger partial charge in [0.05, 0.1) is 19.9 Å². The Balaban J connectivity index is 1.61. The van der Waals surface area contributed by atoms with Gasteiger partial charge in [-0.25, -0.2) is 4.68 Å². The summed E-state index contributed by atoms with van der Waals surface area (Å²) in [6, 6.07) is 24.0. The van der Waals surface area contributed by atoms with E-state index in [0.717, 1.165) is 45.2 Å². The van der Waals surface area contributed by atoms with Crippen LogP contribution < -0.4 is 19.5 Å². The molecule has 0 bridgehead atoms. The maximum absolute atomic E-state index is 6.64. The third kappa shape index (κ3) is 3.12. The summed E-state index contributed by atoms with van der Waals surface area (Å²) >= 11 is 0. The van der Waals surface area contributed by atoms with Gasteiger partial charge in [-0.1, -0.05) is 42.5 Å². The number of nitrogens with zero attached hydrogens (tertiary/aromatic N) is 3. The first kappa shape index (κ1) is 19.4. The van der Waals surface area contributed by atoms with Crippen molar-refractivity contribution in [1.82, 2.24) is 14.8 Å². The molecule has 2 aliphatic heterocycles. The second-order valence-electron chi connectivity index (χ2n) is 7.93. The van der Waals surface area contributed by atoms with Crippen LogP contribution in [0.4, 0.5) is 5.95 Å². The van der Waals surface area contributed by atoms with Gasteiger partial charge in [-0.15, -0.1) is 0 Å². The zero-order valence-electron chi connectivity index (χ0n) is 18.2. The van der Waals surface area contributed by atoms with Crippen molar-refractivity contribution in [2.24, 2.45) is 0 Å². The minimum atomic E-state index is -0.306. The van der Waals surface area contributed by atoms with Gasteiger partial charge >= 0.3 is 0 Å². The van der Waals surface area contributed by atoms with Crippen molar-refractivity contribution in [2.45, 2.75) is 12.1 Å². The molecule has 1 aromatic heterocycles. The predicted molar refractivity (Wildman–Crippen MR) is 125 cm³/mol. The quantitative estimate of drug-likeness (QED) is 0.491. The van der Waals surface area contributed by atoms with E-state index in [1.54, 1.807) is 20.5 Å². The van der Waals surface area contributed by atoms with Gasteiger partial charge in [-0.2, -0.15) is 10.1 Å². The van der Waals surface area contributed by atoms with Crippen LogP contribution in [0.5, 0.6) is 17.2 Å². The van der Waals surface area contributed by atoms with Gasteiger partial charge in [0.25, 0.3) is 0 Å². The number of rotatable bonds is 4. The number of anilines is 1. The molecule has 6 rings (SSSR count). The minimum Gasteiger partial charge on any atom is -0.497 e. The van der Waals surface area contributed by atoms with Crippen LogP contribution in [0, 0.1) is 0 Å². The van der Waals surface area contributed by atoms with Crippen LogP contribution in [-0.4, -0.2) is 29.0 Å². The summed E-state index contributed by atoms with van der Waals surface area (Å²) in [6.07, 6.45) is 1.27. The lowest BCUT2D eigenvalue weighted by Crippen LogP contribution is -2.32. The number of nitrogens with one attached hydrogen (secondary N) is 1. The van der Waals surface area contributed by atoms with Crippen molar-refractivity contribution < 1.29 is 14.2 Å². The summed E-state index contributed by atoms with van der Waals surface area (Å²) in [6.45, 7) is 0. The van der Waals surface area contributed by atoms with Gasteiger partial charge in [0.15, 0.2) is 0 Å². The monoisotopic (exact) mass is 438 g/mol. The van der Waals surface area contributed by atoms with E-state index < -0.39 is 0 Å².